The molecule has 1 saturated heterocycles. The summed E-state index contributed by atoms with van der Waals surface area (Å²) in [6.45, 7) is 0. The van der Waals surface area contributed by atoms with Crippen LogP contribution >= 0.6 is 0 Å². The maximum absolute atomic E-state index is 13.4. The number of halogens is 1. The lowest BCUT2D eigenvalue weighted by Gasteiger charge is -2.14. The van der Waals surface area contributed by atoms with Crippen molar-refractivity contribution in [2.75, 3.05) is 4.90 Å². The van der Waals surface area contributed by atoms with Gasteiger partial charge in [-0.2, -0.15) is 0 Å². The van der Waals surface area contributed by atoms with E-state index in [-0.39, 0.29) is 18.5 Å². The minimum atomic E-state index is -1.40. The quantitative estimate of drug-likeness (QED) is 0.783. The maximum atomic E-state index is 13.4. The van der Waals surface area contributed by atoms with E-state index in [1.54, 1.807) is 0 Å². The molecule has 1 aliphatic heterocycles. The molecule has 1 aromatic carbocycles. The summed E-state index contributed by atoms with van der Waals surface area (Å²) in [6, 6.07) is 3.16. The Morgan fingerprint density at radius 1 is 1.24 bits per heavy atom. The third-order valence-electron chi connectivity index (χ3n) is 2.49. The van der Waals surface area contributed by atoms with Crippen LogP contribution in [0.2, 0.25) is 0 Å². The Morgan fingerprint density at radius 3 is 2.29 bits per heavy atom. The fourth-order valence-corrected chi connectivity index (χ4v) is 1.68. The average molecular weight is 237 g/mol. The van der Waals surface area contributed by atoms with Crippen molar-refractivity contribution in [3.05, 3.63) is 29.6 Å². The molecule has 0 atom stereocenters. The van der Waals surface area contributed by atoms with Gasteiger partial charge in [0.05, 0.1) is 11.3 Å². The molecule has 0 radical (unpaired) electrons. The Morgan fingerprint density at radius 2 is 1.82 bits per heavy atom. The van der Waals surface area contributed by atoms with Crippen molar-refractivity contribution < 1.29 is 23.9 Å². The highest BCUT2D eigenvalue weighted by Crippen LogP contribution is 2.24. The molecule has 2 amide bonds. The molecule has 0 spiro atoms. The van der Waals surface area contributed by atoms with Crippen LogP contribution in [0, 0.1) is 5.82 Å². The summed E-state index contributed by atoms with van der Waals surface area (Å²) in [7, 11) is 0. The number of benzene rings is 1. The van der Waals surface area contributed by atoms with Crippen LogP contribution in [-0.2, 0) is 9.59 Å². The van der Waals surface area contributed by atoms with Gasteiger partial charge in [0.15, 0.2) is 0 Å². The van der Waals surface area contributed by atoms with Crippen LogP contribution in [0.3, 0.4) is 0 Å². The number of carboxylic acid groups (broad SMARTS) is 1. The van der Waals surface area contributed by atoms with Gasteiger partial charge in [0, 0.05) is 12.8 Å². The molecule has 1 aliphatic rings. The molecule has 0 aliphatic carbocycles. The van der Waals surface area contributed by atoms with Gasteiger partial charge in [0.25, 0.3) is 0 Å². The summed E-state index contributed by atoms with van der Waals surface area (Å²) in [5.41, 5.74) is -0.423. The molecule has 6 heteroatoms. The Bertz CT molecular complexity index is 510. The second kappa shape index (κ2) is 3.97. The van der Waals surface area contributed by atoms with Gasteiger partial charge in [-0.1, -0.05) is 0 Å². The molecule has 17 heavy (non-hydrogen) atoms. The highest BCUT2D eigenvalue weighted by atomic mass is 19.1. The normalized spacial score (nSPS) is 15.5. The van der Waals surface area contributed by atoms with E-state index in [1.165, 1.54) is 6.07 Å². The van der Waals surface area contributed by atoms with Gasteiger partial charge < -0.3 is 5.11 Å². The van der Waals surface area contributed by atoms with Gasteiger partial charge in [0.1, 0.15) is 5.82 Å². The van der Waals surface area contributed by atoms with E-state index < -0.39 is 29.2 Å². The molecule has 1 N–H and O–H groups in total. The molecule has 1 heterocycles. The van der Waals surface area contributed by atoms with Crippen LogP contribution in [0.4, 0.5) is 10.1 Å². The molecular formula is C11H8FNO4. The molecule has 5 nitrogen and oxygen atoms in total. The van der Waals surface area contributed by atoms with E-state index in [4.69, 9.17) is 5.11 Å². The number of amides is 2. The van der Waals surface area contributed by atoms with Gasteiger partial charge in [-0.3, -0.25) is 14.5 Å². The van der Waals surface area contributed by atoms with E-state index in [0.717, 1.165) is 17.0 Å². The van der Waals surface area contributed by atoms with Crippen LogP contribution in [-0.4, -0.2) is 22.9 Å². The lowest BCUT2D eigenvalue weighted by atomic mass is 10.2. The fourth-order valence-electron chi connectivity index (χ4n) is 1.68. The Balaban J connectivity index is 2.41. The number of aromatic carboxylic acids is 1. The van der Waals surface area contributed by atoms with E-state index >= 15 is 0 Å². The lowest BCUT2D eigenvalue weighted by molar-refractivity contribution is -0.121. The van der Waals surface area contributed by atoms with Crippen molar-refractivity contribution in [3.8, 4) is 0 Å². The highest BCUT2D eigenvalue weighted by Gasteiger charge is 2.30. The average Bonchev–Trinajstić information content (AvgIpc) is 2.58. The lowest BCUT2D eigenvalue weighted by Crippen LogP contribution is -2.28. The molecule has 88 valence electrons. The molecule has 0 unspecified atom stereocenters. The first kappa shape index (κ1) is 11.3. The zero-order chi connectivity index (χ0) is 12.6. The van der Waals surface area contributed by atoms with Crippen molar-refractivity contribution in [3.63, 3.8) is 0 Å². The third-order valence-corrected chi connectivity index (χ3v) is 2.49. The summed E-state index contributed by atoms with van der Waals surface area (Å²) >= 11 is 0. The van der Waals surface area contributed by atoms with Crippen molar-refractivity contribution >= 4 is 23.5 Å². The van der Waals surface area contributed by atoms with Crippen molar-refractivity contribution in [1.29, 1.82) is 0 Å². The first-order chi connectivity index (χ1) is 8.00. The minimum absolute atomic E-state index is 0.0694. The maximum Gasteiger partial charge on any atom is 0.338 e. The fraction of sp³-hybridized carbons (Fsp3) is 0.182. The van der Waals surface area contributed by atoms with Crippen LogP contribution < -0.4 is 4.90 Å². The van der Waals surface area contributed by atoms with Crippen molar-refractivity contribution in [1.82, 2.24) is 0 Å². The van der Waals surface area contributed by atoms with Gasteiger partial charge in [-0.05, 0) is 18.2 Å². The van der Waals surface area contributed by atoms with Crippen molar-refractivity contribution in [2.45, 2.75) is 12.8 Å². The predicted octanol–water partition coefficient (Wildman–Crippen LogP) is 1.18. The van der Waals surface area contributed by atoms with Gasteiger partial charge >= 0.3 is 5.97 Å². The molecule has 0 aromatic heterocycles. The number of imide groups is 1. The van der Waals surface area contributed by atoms with Crippen LogP contribution in [0.1, 0.15) is 23.2 Å². The van der Waals surface area contributed by atoms with Crippen LogP contribution in [0.25, 0.3) is 0 Å². The molecule has 0 bridgehead atoms. The summed E-state index contributed by atoms with van der Waals surface area (Å²) < 4.78 is 13.4. The number of hydrogen-bond donors (Lipinski definition) is 1. The number of hydrogen-bond acceptors (Lipinski definition) is 3. The zero-order valence-corrected chi connectivity index (χ0v) is 8.64. The number of carboxylic acids is 1. The summed E-state index contributed by atoms with van der Waals surface area (Å²) in [5, 5.41) is 8.64. The van der Waals surface area contributed by atoms with Crippen LogP contribution in [0.15, 0.2) is 18.2 Å². The summed E-state index contributed by atoms with van der Waals surface area (Å²) in [5.74, 6) is -3.18. The second-order valence-electron chi connectivity index (χ2n) is 3.59. The third kappa shape index (κ3) is 1.89. The molecule has 0 saturated carbocycles. The van der Waals surface area contributed by atoms with Gasteiger partial charge in [0.2, 0.25) is 11.8 Å². The number of anilines is 1. The monoisotopic (exact) mass is 237 g/mol. The Labute approximate surface area is 95.5 Å². The minimum Gasteiger partial charge on any atom is -0.478 e. The number of nitrogens with zero attached hydrogens (tertiary/aromatic N) is 1. The number of carbonyl (C=O) groups is 3. The topological polar surface area (TPSA) is 74.7 Å². The molecule has 2 rings (SSSR count). The number of carbonyl (C=O) groups excluding carboxylic acids is 2. The second-order valence-corrected chi connectivity index (χ2v) is 3.59. The first-order valence-electron chi connectivity index (χ1n) is 4.89. The van der Waals surface area contributed by atoms with Gasteiger partial charge in [-0.15, -0.1) is 0 Å². The predicted molar refractivity (Wildman–Crippen MR) is 55.1 cm³/mol. The first-order valence-corrected chi connectivity index (χ1v) is 4.89. The summed E-state index contributed by atoms with van der Waals surface area (Å²) in [6.07, 6.45) is 0.197. The van der Waals surface area contributed by atoms with E-state index in [0.29, 0.717) is 0 Å². The molecular weight excluding hydrogens is 229 g/mol. The van der Waals surface area contributed by atoms with E-state index in [1.807, 2.05) is 0 Å². The van der Waals surface area contributed by atoms with E-state index in [9.17, 15) is 18.8 Å². The standard InChI is InChI=1S/C11H8FNO4/c12-8-5-6(1-2-7(8)11(16)17)13-9(14)3-4-10(13)15/h1-2,5H,3-4H2,(H,16,17). The highest BCUT2D eigenvalue weighted by molar-refractivity contribution is 6.19. The van der Waals surface area contributed by atoms with Crippen molar-refractivity contribution in [2.24, 2.45) is 0 Å². The largest absolute Gasteiger partial charge is 0.478 e. The molecule has 1 aromatic rings. The van der Waals surface area contributed by atoms with E-state index in [2.05, 4.69) is 0 Å². The number of rotatable bonds is 2. The SMILES string of the molecule is O=C(O)c1ccc(N2C(=O)CCC2=O)cc1F. The Hall–Kier alpha value is -2.24. The smallest absolute Gasteiger partial charge is 0.338 e. The Kier molecular flexibility index (Phi) is 2.63. The molecule has 1 fully saturated rings. The summed E-state index contributed by atoms with van der Waals surface area (Å²) in [4.78, 5) is 34.2. The van der Waals surface area contributed by atoms with Crippen LogP contribution in [0.5, 0.6) is 0 Å². The zero-order valence-electron chi connectivity index (χ0n) is 8.64. The van der Waals surface area contributed by atoms with Gasteiger partial charge in [-0.25, -0.2) is 9.18 Å².